The number of allylic oxidation sites excluding steroid dienone is 1. The minimum absolute atomic E-state index is 0.367. The third-order valence-corrected chi connectivity index (χ3v) is 3.46. The summed E-state index contributed by atoms with van der Waals surface area (Å²) in [5.74, 6) is 1.01. The third kappa shape index (κ3) is 2.24. The van der Waals surface area contributed by atoms with E-state index >= 15 is 0 Å². The van der Waals surface area contributed by atoms with Gasteiger partial charge in [-0.05, 0) is 31.6 Å². The summed E-state index contributed by atoms with van der Waals surface area (Å²) in [6.45, 7) is 3.60. The summed E-state index contributed by atoms with van der Waals surface area (Å²) in [5, 5.41) is 3.59. The molecule has 2 fully saturated rings. The highest BCUT2D eigenvalue weighted by atomic mass is 16.1. The Balaban J connectivity index is 1.81. The van der Waals surface area contributed by atoms with E-state index in [1.165, 1.54) is 25.7 Å². The van der Waals surface area contributed by atoms with E-state index in [9.17, 15) is 4.79 Å². The molecule has 0 radical (unpaired) electrons. The molecule has 0 aliphatic carbocycles. The molecule has 2 unspecified atom stereocenters. The van der Waals surface area contributed by atoms with Crippen molar-refractivity contribution in [2.24, 2.45) is 5.92 Å². The van der Waals surface area contributed by atoms with E-state index in [1.807, 2.05) is 0 Å². The van der Waals surface area contributed by atoms with Gasteiger partial charge in [0.1, 0.15) is 5.78 Å². The molecule has 78 valence electrons. The molecular weight excluding hydrogens is 174 g/mol. The van der Waals surface area contributed by atoms with Gasteiger partial charge in [-0.1, -0.05) is 6.08 Å². The highest BCUT2D eigenvalue weighted by molar-refractivity contribution is 5.79. The lowest BCUT2D eigenvalue weighted by molar-refractivity contribution is -0.119. The molecule has 2 aliphatic rings. The molecule has 2 atom stereocenters. The van der Waals surface area contributed by atoms with Gasteiger partial charge in [-0.3, -0.25) is 4.79 Å². The second-order valence-electron chi connectivity index (χ2n) is 4.71. The van der Waals surface area contributed by atoms with Crippen LogP contribution in [0.3, 0.4) is 0 Å². The van der Waals surface area contributed by atoms with Crippen molar-refractivity contribution in [2.45, 2.75) is 50.6 Å². The van der Waals surface area contributed by atoms with Crippen molar-refractivity contribution in [3.8, 4) is 0 Å². The Morgan fingerprint density at radius 2 is 2.00 bits per heavy atom. The van der Waals surface area contributed by atoms with Crippen molar-refractivity contribution < 1.29 is 4.79 Å². The number of Topliss-reactive ketones (excluding diaryl/α,β-unsaturated/α-hetero) is 1. The number of hydrogen-bond acceptors (Lipinski definition) is 2. The fraction of sp³-hybridized carbons (Fsp3) is 0.750. The first kappa shape index (κ1) is 9.91. The lowest BCUT2D eigenvalue weighted by Gasteiger charge is -2.28. The van der Waals surface area contributed by atoms with Crippen LogP contribution >= 0.6 is 0 Å². The van der Waals surface area contributed by atoms with Gasteiger partial charge >= 0.3 is 0 Å². The Morgan fingerprint density at radius 3 is 2.57 bits per heavy atom. The Kier molecular flexibility index (Phi) is 3.02. The molecular formula is C12H19NO. The van der Waals surface area contributed by atoms with E-state index in [0.29, 0.717) is 30.2 Å². The Morgan fingerprint density at radius 1 is 1.36 bits per heavy atom. The fourth-order valence-electron chi connectivity index (χ4n) is 2.91. The number of carbonyl (C=O) groups is 1. The molecule has 2 heterocycles. The first-order valence-electron chi connectivity index (χ1n) is 5.66. The molecule has 14 heavy (non-hydrogen) atoms. The zero-order valence-electron chi connectivity index (χ0n) is 8.67. The van der Waals surface area contributed by atoms with Crippen LogP contribution in [0.4, 0.5) is 0 Å². The Bertz CT molecular complexity index is 224. The molecule has 2 aliphatic heterocycles. The van der Waals surface area contributed by atoms with Crippen LogP contribution in [0.25, 0.3) is 0 Å². The second kappa shape index (κ2) is 4.26. The summed E-state index contributed by atoms with van der Waals surface area (Å²) in [4.78, 5) is 11.5. The van der Waals surface area contributed by atoms with E-state index in [2.05, 4.69) is 11.9 Å². The summed E-state index contributed by atoms with van der Waals surface area (Å²) in [7, 11) is 0. The predicted octanol–water partition coefficient (Wildman–Crippen LogP) is 2.05. The summed E-state index contributed by atoms with van der Waals surface area (Å²) in [6, 6.07) is 1.41. The SMILES string of the molecule is C=CCC(=O)CC1CC2CCC(C1)N2. The van der Waals surface area contributed by atoms with E-state index in [-0.39, 0.29) is 0 Å². The quantitative estimate of drug-likeness (QED) is 0.692. The van der Waals surface area contributed by atoms with E-state index in [4.69, 9.17) is 0 Å². The molecule has 2 rings (SSSR count). The van der Waals surface area contributed by atoms with Crippen LogP contribution in [0.2, 0.25) is 0 Å². The third-order valence-electron chi connectivity index (χ3n) is 3.46. The molecule has 0 aromatic heterocycles. The number of hydrogen-bond donors (Lipinski definition) is 1. The standard InChI is InChI=1S/C12H19NO/c1-2-3-12(14)8-9-6-10-4-5-11(7-9)13-10/h2,9-11,13H,1,3-8H2. The van der Waals surface area contributed by atoms with Gasteiger partial charge in [0.15, 0.2) is 0 Å². The summed E-state index contributed by atoms with van der Waals surface area (Å²) < 4.78 is 0. The number of carbonyl (C=O) groups excluding carboxylic acids is 1. The zero-order valence-corrected chi connectivity index (χ0v) is 8.67. The Hall–Kier alpha value is -0.630. The lowest BCUT2D eigenvalue weighted by atomic mass is 9.88. The van der Waals surface area contributed by atoms with Gasteiger partial charge < -0.3 is 5.32 Å². The van der Waals surface area contributed by atoms with Gasteiger partial charge in [0.05, 0.1) is 0 Å². The van der Waals surface area contributed by atoms with Crippen LogP contribution in [0, 0.1) is 5.92 Å². The molecule has 0 aromatic carbocycles. The summed E-state index contributed by atoms with van der Waals surface area (Å²) in [5.41, 5.74) is 0. The van der Waals surface area contributed by atoms with Gasteiger partial charge in [-0.25, -0.2) is 0 Å². The summed E-state index contributed by atoms with van der Waals surface area (Å²) >= 11 is 0. The highest BCUT2D eigenvalue weighted by Crippen LogP contribution is 2.32. The molecule has 0 saturated carbocycles. The lowest BCUT2D eigenvalue weighted by Crippen LogP contribution is -2.38. The van der Waals surface area contributed by atoms with E-state index in [0.717, 1.165) is 6.42 Å². The fourth-order valence-corrected chi connectivity index (χ4v) is 2.91. The van der Waals surface area contributed by atoms with E-state index < -0.39 is 0 Å². The maximum absolute atomic E-state index is 11.5. The van der Waals surface area contributed by atoms with Crippen LogP contribution in [0.15, 0.2) is 12.7 Å². The van der Waals surface area contributed by atoms with Gasteiger partial charge in [-0.15, -0.1) is 6.58 Å². The molecule has 0 spiro atoms. The zero-order chi connectivity index (χ0) is 9.97. The monoisotopic (exact) mass is 193 g/mol. The average molecular weight is 193 g/mol. The van der Waals surface area contributed by atoms with E-state index in [1.54, 1.807) is 6.08 Å². The molecule has 1 N–H and O–H groups in total. The van der Waals surface area contributed by atoms with Gasteiger partial charge in [0.25, 0.3) is 0 Å². The van der Waals surface area contributed by atoms with Crippen molar-refractivity contribution in [3.05, 3.63) is 12.7 Å². The molecule has 2 bridgehead atoms. The van der Waals surface area contributed by atoms with Crippen LogP contribution in [0.1, 0.15) is 38.5 Å². The van der Waals surface area contributed by atoms with Gasteiger partial charge in [0, 0.05) is 24.9 Å². The molecule has 0 aromatic rings. The molecule has 2 heteroatoms. The first-order chi connectivity index (χ1) is 6.78. The minimum atomic E-state index is 0.367. The van der Waals surface area contributed by atoms with Crippen LogP contribution < -0.4 is 5.32 Å². The van der Waals surface area contributed by atoms with Crippen LogP contribution in [-0.4, -0.2) is 17.9 Å². The van der Waals surface area contributed by atoms with Crippen molar-refractivity contribution in [2.75, 3.05) is 0 Å². The van der Waals surface area contributed by atoms with Crippen LogP contribution in [0.5, 0.6) is 0 Å². The minimum Gasteiger partial charge on any atom is -0.311 e. The predicted molar refractivity (Wildman–Crippen MR) is 57.1 cm³/mol. The number of piperidine rings is 1. The number of fused-ring (bicyclic) bond motifs is 2. The average Bonchev–Trinajstić information content (AvgIpc) is 2.46. The van der Waals surface area contributed by atoms with Crippen molar-refractivity contribution >= 4 is 5.78 Å². The van der Waals surface area contributed by atoms with Crippen LogP contribution in [-0.2, 0) is 4.79 Å². The van der Waals surface area contributed by atoms with Crippen molar-refractivity contribution in [3.63, 3.8) is 0 Å². The number of ketones is 1. The van der Waals surface area contributed by atoms with Gasteiger partial charge in [0.2, 0.25) is 0 Å². The largest absolute Gasteiger partial charge is 0.311 e. The van der Waals surface area contributed by atoms with Gasteiger partial charge in [-0.2, -0.15) is 0 Å². The highest BCUT2D eigenvalue weighted by Gasteiger charge is 2.33. The number of rotatable bonds is 4. The second-order valence-corrected chi connectivity index (χ2v) is 4.71. The number of nitrogens with one attached hydrogen (secondary N) is 1. The molecule has 2 saturated heterocycles. The smallest absolute Gasteiger partial charge is 0.136 e. The Labute approximate surface area is 85.8 Å². The first-order valence-corrected chi connectivity index (χ1v) is 5.66. The topological polar surface area (TPSA) is 29.1 Å². The normalized spacial score (nSPS) is 35.6. The molecule has 2 nitrogen and oxygen atoms in total. The molecule has 0 amide bonds. The maximum Gasteiger partial charge on any atom is 0.136 e. The summed E-state index contributed by atoms with van der Waals surface area (Å²) in [6.07, 6.45) is 8.10. The van der Waals surface area contributed by atoms with Crippen molar-refractivity contribution in [1.82, 2.24) is 5.32 Å². The van der Waals surface area contributed by atoms with Crippen molar-refractivity contribution in [1.29, 1.82) is 0 Å². The maximum atomic E-state index is 11.5.